The fourth-order valence-corrected chi connectivity index (χ4v) is 2.66. The molecule has 3 rings (SSSR count). The highest BCUT2D eigenvalue weighted by molar-refractivity contribution is 6.42. The second-order valence-corrected chi connectivity index (χ2v) is 5.95. The molecule has 2 heterocycles. The molecule has 0 bridgehead atoms. The maximum Gasteiger partial charge on any atom is 0.181 e. The summed E-state index contributed by atoms with van der Waals surface area (Å²) in [4.78, 5) is 4.57. The zero-order valence-electron chi connectivity index (χ0n) is 13.5. The van der Waals surface area contributed by atoms with E-state index in [0.717, 1.165) is 10.2 Å². The third kappa shape index (κ3) is 3.42. The highest BCUT2D eigenvalue weighted by Crippen LogP contribution is 2.33. The van der Waals surface area contributed by atoms with Gasteiger partial charge in [-0.2, -0.15) is 5.10 Å². The standard InChI is InChI=1S/C17H13B2ClFN3O/c1-25-14-5-6-15(17(18,19)12-8-22-24(9-12)10-21)23-16(14)11-3-2-4-13(20)7-11/h2-9H,10H2,1H3. The average Bonchev–Trinajstić information content (AvgIpc) is 3.11. The maximum absolute atomic E-state index is 12.7. The van der Waals surface area contributed by atoms with E-state index in [-0.39, 0.29) is 0 Å². The molecule has 2 aromatic heterocycles. The largest absolute Gasteiger partial charge is 0.494 e. The van der Waals surface area contributed by atoms with Crippen molar-refractivity contribution in [2.45, 2.75) is 12.0 Å². The van der Waals surface area contributed by atoms with Crippen LogP contribution in [0.15, 0.2) is 48.8 Å². The zero-order valence-corrected chi connectivity index (χ0v) is 14.2. The van der Waals surface area contributed by atoms with Crippen molar-refractivity contribution in [2.75, 3.05) is 7.11 Å². The van der Waals surface area contributed by atoms with E-state index in [2.05, 4.69) is 10.1 Å². The van der Waals surface area contributed by atoms with Crippen molar-refractivity contribution >= 4 is 27.3 Å². The molecule has 8 heteroatoms. The molecule has 0 aliphatic carbocycles. The van der Waals surface area contributed by atoms with Gasteiger partial charge in [-0.1, -0.05) is 23.7 Å². The minimum atomic E-state index is -1.44. The van der Waals surface area contributed by atoms with Crippen LogP contribution in [0.2, 0.25) is 5.02 Å². The summed E-state index contributed by atoms with van der Waals surface area (Å²) in [5.74, 6) is 0.557. The zero-order chi connectivity index (χ0) is 18.0. The summed E-state index contributed by atoms with van der Waals surface area (Å²) in [7, 11) is 14.1. The van der Waals surface area contributed by atoms with Crippen molar-refractivity contribution in [3.05, 3.63) is 65.1 Å². The molecule has 0 aliphatic heterocycles. The van der Waals surface area contributed by atoms with Gasteiger partial charge in [0.15, 0.2) is 6.80 Å². The van der Waals surface area contributed by atoms with Crippen LogP contribution in [-0.4, -0.2) is 37.6 Å². The molecule has 0 saturated carbocycles. The topological polar surface area (TPSA) is 39.9 Å². The minimum absolute atomic E-state index is 0.390. The second kappa shape index (κ2) is 6.92. The van der Waals surface area contributed by atoms with Crippen LogP contribution in [0, 0.1) is 0 Å². The van der Waals surface area contributed by atoms with E-state index < -0.39 is 12.0 Å². The van der Waals surface area contributed by atoms with Gasteiger partial charge in [0, 0.05) is 22.5 Å². The van der Waals surface area contributed by atoms with Crippen LogP contribution in [0.1, 0.15) is 11.3 Å². The first-order chi connectivity index (χ1) is 12.0. The van der Waals surface area contributed by atoms with Crippen LogP contribution in [0.5, 0.6) is 5.75 Å². The monoisotopic (exact) mass is 351 g/mol. The molecule has 25 heavy (non-hydrogen) atoms. The van der Waals surface area contributed by atoms with E-state index in [1.807, 2.05) is 12.1 Å². The molecular weight excluding hydrogens is 338 g/mol. The molecule has 0 fully saturated rings. The normalized spacial score (nSPS) is 11.5. The molecule has 0 spiro atoms. The summed E-state index contributed by atoms with van der Waals surface area (Å²) in [6.07, 6.45) is 2.87. The van der Waals surface area contributed by atoms with Crippen LogP contribution in [0.25, 0.3) is 11.3 Å². The predicted molar refractivity (Wildman–Crippen MR) is 96.9 cm³/mol. The van der Waals surface area contributed by atoms with Gasteiger partial charge in [0.2, 0.25) is 0 Å². The number of hydrogen-bond acceptors (Lipinski definition) is 3. The Balaban J connectivity index is 2.10. The molecular formula is C17H13B2ClFN3O. The summed E-state index contributed by atoms with van der Waals surface area (Å²) in [5, 5.41) is 3.00. The molecule has 0 amide bonds. The number of halogens is 2. The SMILES string of the molecule is [B]C([B])(c1cnn(CF)c1)c1ccc(OC)c(-c2cccc(Cl)c2)n1. The van der Waals surface area contributed by atoms with Crippen LogP contribution in [-0.2, 0) is 12.0 Å². The smallest absolute Gasteiger partial charge is 0.181 e. The molecule has 1 aromatic carbocycles. The second-order valence-electron chi connectivity index (χ2n) is 5.51. The van der Waals surface area contributed by atoms with Crippen molar-refractivity contribution < 1.29 is 9.13 Å². The van der Waals surface area contributed by atoms with Gasteiger partial charge < -0.3 is 4.74 Å². The summed E-state index contributed by atoms with van der Waals surface area (Å²) < 4.78 is 19.2. The summed E-state index contributed by atoms with van der Waals surface area (Å²) in [6.45, 7) is -0.764. The molecule has 3 aromatic rings. The van der Waals surface area contributed by atoms with Gasteiger partial charge in [-0.15, -0.1) is 0 Å². The molecule has 0 aliphatic rings. The van der Waals surface area contributed by atoms with E-state index in [9.17, 15) is 4.39 Å². The Morgan fingerprint density at radius 3 is 2.72 bits per heavy atom. The average molecular weight is 351 g/mol. The Bertz CT molecular complexity index is 901. The van der Waals surface area contributed by atoms with Gasteiger partial charge in [-0.05, 0) is 35.0 Å². The lowest BCUT2D eigenvalue weighted by Crippen LogP contribution is -2.29. The Morgan fingerprint density at radius 2 is 2.08 bits per heavy atom. The first-order valence-corrected chi connectivity index (χ1v) is 7.81. The van der Waals surface area contributed by atoms with Crippen LogP contribution < -0.4 is 4.74 Å². The van der Waals surface area contributed by atoms with E-state index in [1.165, 1.54) is 12.4 Å². The van der Waals surface area contributed by atoms with Crippen molar-refractivity contribution in [1.82, 2.24) is 14.8 Å². The molecule has 0 saturated heterocycles. The number of alkyl halides is 1. The number of nitrogens with zero attached hydrogens (tertiary/aromatic N) is 3. The number of ether oxygens (including phenoxy) is 1. The number of pyridine rings is 1. The van der Waals surface area contributed by atoms with Crippen molar-refractivity contribution in [3.63, 3.8) is 0 Å². The highest BCUT2D eigenvalue weighted by Gasteiger charge is 2.26. The number of methoxy groups -OCH3 is 1. The minimum Gasteiger partial charge on any atom is -0.494 e. The number of rotatable bonds is 5. The number of aromatic nitrogens is 3. The molecule has 0 N–H and O–H groups in total. The Hall–Kier alpha value is -2.27. The number of hydrogen-bond donors (Lipinski definition) is 0. The fraction of sp³-hybridized carbons (Fsp3) is 0.176. The van der Waals surface area contributed by atoms with E-state index in [1.54, 1.807) is 31.4 Å². The quantitative estimate of drug-likeness (QED) is 0.663. The fourth-order valence-electron chi connectivity index (χ4n) is 2.47. The summed E-state index contributed by atoms with van der Waals surface area (Å²) in [6, 6.07) is 10.6. The van der Waals surface area contributed by atoms with Gasteiger partial charge in [-0.3, -0.25) is 0 Å². The Kier molecular flexibility index (Phi) is 4.86. The van der Waals surface area contributed by atoms with Gasteiger partial charge in [-0.25, -0.2) is 14.1 Å². The third-order valence-corrected chi connectivity index (χ3v) is 4.07. The number of benzene rings is 1. The van der Waals surface area contributed by atoms with Crippen molar-refractivity contribution in [3.8, 4) is 17.0 Å². The molecule has 4 radical (unpaired) electrons. The predicted octanol–water partition coefficient (Wildman–Crippen LogP) is 3.07. The lowest BCUT2D eigenvalue weighted by Gasteiger charge is -2.25. The third-order valence-electron chi connectivity index (χ3n) is 3.83. The van der Waals surface area contributed by atoms with Gasteiger partial charge >= 0.3 is 0 Å². The van der Waals surface area contributed by atoms with Gasteiger partial charge in [0.25, 0.3) is 0 Å². The summed E-state index contributed by atoms with van der Waals surface area (Å²) >= 11 is 6.07. The first-order valence-electron chi connectivity index (χ1n) is 7.44. The molecule has 122 valence electrons. The van der Waals surface area contributed by atoms with Gasteiger partial charge in [0.05, 0.1) is 29.0 Å². The lowest BCUT2D eigenvalue weighted by atomic mass is 9.50. The summed E-state index contributed by atoms with van der Waals surface area (Å²) in [5.41, 5.74) is 2.16. The van der Waals surface area contributed by atoms with E-state index in [4.69, 9.17) is 32.0 Å². The Labute approximate surface area is 152 Å². The first kappa shape index (κ1) is 17.5. The van der Waals surface area contributed by atoms with Crippen molar-refractivity contribution in [1.29, 1.82) is 0 Å². The van der Waals surface area contributed by atoms with Crippen molar-refractivity contribution in [2.24, 2.45) is 0 Å². The van der Waals surface area contributed by atoms with E-state index >= 15 is 0 Å². The van der Waals surface area contributed by atoms with Crippen LogP contribution in [0.3, 0.4) is 0 Å². The van der Waals surface area contributed by atoms with Gasteiger partial charge in [0.1, 0.15) is 11.4 Å². The molecule has 0 unspecified atom stereocenters. The van der Waals surface area contributed by atoms with Crippen LogP contribution in [0.4, 0.5) is 4.39 Å². The Morgan fingerprint density at radius 1 is 1.28 bits per heavy atom. The van der Waals surface area contributed by atoms with Crippen LogP contribution >= 0.6 is 11.6 Å². The highest BCUT2D eigenvalue weighted by atomic mass is 35.5. The molecule has 4 nitrogen and oxygen atoms in total. The lowest BCUT2D eigenvalue weighted by molar-refractivity contribution is 0.349. The maximum atomic E-state index is 12.7. The molecule has 0 atom stereocenters. The van der Waals surface area contributed by atoms with E-state index in [0.29, 0.717) is 27.7 Å².